The Kier molecular flexibility index (Phi) is 13.0. The summed E-state index contributed by atoms with van der Waals surface area (Å²) in [4.78, 5) is 4.86. The largest absolute Gasteiger partial charge is 0.513 e. The minimum Gasteiger partial charge on any atom is -0.513 e. The van der Waals surface area contributed by atoms with E-state index in [4.69, 9.17) is 0 Å². The Balaban J connectivity index is 1.20. The summed E-state index contributed by atoms with van der Waals surface area (Å²) in [6.45, 7) is 4.78. The van der Waals surface area contributed by atoms with Gasteiger partial charge in [0.2, 0.25) is 0 Å². The van der Waals surface area contributed by atoms with E-state index in [1.54, 1.807) is 0 Å². The molecule has 0 aromatic carbocycles. The number of hydrogen-bond donors (Lipinski definition) is 8. The van der Waals surface area contributed by atoms with Crippen molar-refractivity contribution in [1.82, 2.24) is 9.80 Å². The van der Waals surface area contributed by atoms with Gasteiger partial charge >= 0.3 is 0 Å². The average Bonchev–Trinajstić information content (AvgIpc) is 2.92. The summed E-state index contributed by atoms with van der Waals surface area (Å²) in [6.07, 6.45) is 12.6. The normalized spacial score (nSPS) is 40.6. The summed E-state index contributed by atoms with van der Waals surface area (Å²) >= 11 is 0. The molecule has 8 N–H and O–H groups in total. The molecule has 0 spiro atoms. The summed E-state index contributed by atoms with van der Waals surface area (Å²) in [7, 11) is 0. The molecule has 5 aliphatic rings. The van der Waals surface area contributed by atoms with E-state index in [2.05, 4.69) is 22.0 Å². The van der Waals surface area contributed by atoms with Gasteiger partial charge in [-0.15, -0.1) is 0 Å². The Morgan fingerprint density at radius 3 is 1.13 bits per heavy atom. The van der Waals surface area contributed by atoms with Crippen molar-refractivity contribution in [2.45, 2.75) is 114 Å². The SMILES string of the molecule is OC1=CC(O)CC(CN(CC2C=CC(CN(CC3CC(O)=CC(O)C3)CC3CC(O)CC(O)C3)CC2)CC2CC(O)CC(O)C2)C1. The van der Waals surface area contributed by atoms with Crippen LogP contribution in [0.4, 0.5) is 0 Å². The molecule has 0 aliphatic heterocycles. The molecule has 46 heavy (non-hydrogen) atoms. The van der Waals surface area contributed by atoms with Gasteiger partial charge in [-0.05, 0) is 112 Å². The number of hydrogen-bond acceptors (Lipinski definition) is 10. The van der Waals surface area contributed by atoms with Crippen LogP contribution in [0, 0.1) is 35.5 Å². The van der Waals surface area contributed by atoms with Crippen molar-refractivity contribution in [3.05, 3.63) is 35.8 Å². The molecule has 5 rings (SSSR count). The fourth-order valence-electron chi connectivity index (χ4n) is 9.29. The van der Waals surface area contributed by atoms with E-state index in [0.717, 1.165) is 52.1 Å². The molecule has 0 aromatic rings. The van der Waals surface area contributed by atoms with Crippen LogP contribution < -0.4 is 0 Å². The predicted octanol–water partition coefficient (Wildman–Crippen LogP) is 2.64. The van der Waals surface area contributed by atoms with E-state index in [9.17, 15) is 40.9 Å². The van der Waals surface area contributed by atoms with Crippen LogP contribution in [0.1, 0.15) is 77.0 Å². The lowest BCUT2D eigenvalue weighted by Gasteiger charge is -2.39. The second-order valence-corrected chi connectivity index (χ2v) is 15.7. The number of rotatable bonds is 12. The maximum Gasteiger partial charge on any atom is 0.0911 e. The standard InChI is InChI=1S/C36H60N2O8/c39-29-5-25(6-30(40)13-29)19-37(20-26-7-31(41)14-32(42)8-26)17-23-1-2-24(4-3-23)18-38(21-27-9-33(43)15-34(44)10-27)22-28-11-35(45)16-36(46)12-28/h1-2,13,15,23-29,31-33,35-36,39-46H,3-12,14,16-22H2. The number of aliphatic hydroxyl groups excluding tert-OH is 8. The lowest BCUT2D eigenvalue weighted by atomic mass is 9.83. The highest BCUT2D eigenvalue weighted by Gasteiger charge is 2.33. The monoisotopic (exact) mass is 648 g/mol. The zero-order valence-corrected chi connectivity index (χ0v) is 27.4. The molecule has 10 nitrogen and oxygen atoms in total. The Labute approximate surface area is 274 Å². The minimum atomic E-state index is -0.630. The average molecular weight is 649 g/mol. The Morgan fingerprint density at radius 1 is 0.457 bits per heavy atom. The van der Waals surface area contributed by atoms with Gasteiger partial charge in [-0.3, -0.25) is 0 Å². The second kappa shape index (κ2) is 16.7. The van der Waals surface area contributed by atoms with Gasteiger partial charge in [0.1, 0.15) is 0 Å². The van der Waals surface area contributed by atoms with Gasteiger partial charge in [-0.1, -0.05) is 12.2 Å². The van der Waals surface area contributed by atoms with Crippen molar-refractivity contribution in [2.75, 3.05) is 39.3 Å². The van der Waals surface area contributed by atoms with Crippen LogP contribution in [-0.2, 0) is 0 Å². The topological polar surface area (TPSA) is 168 Å². The summed E-state index contributed by atoms with van der Waals surface area (Å²) in [5.41, 5.74) is 0. The molecule has 2 fully saturated rings. The van der Waals surface area contributed by atoms with Gasteiger partial charge in [0, 0.05) is 52.1 Å². The highest BCUT2D eigenvalue weighted by atomic mass is 16.3. The van der Waals surface area contributed by atoms with Crippen molar-refractivity contribution in [2.24, 2.45) is 35.5 Å². The van der Waals surface area contributed by atoms with E-state index in [-0.39, 0.29) is 35.2 Å². The Hall–Kier alpha value is -1.50. The summed E-state index contributed by atoms with van der Waals surface area (Å²) in [6, 6.07) is 0. The second-order valence-electron chi connectivity index (χ2n) is 15.7. The highest BCUT2D eigenvalue weighted by Crippen LogP contribution is 2.33. The Bertz CT molecular complexity index is 953. The van der Waals surface area contributed by atoms with Crippen molar-refractivity contribution in [1.29, 1.82) is 0 Å². The number of allylic oxidation sites excluding steroid dienone is 2. The van der Waals surface area contributed by atoms with Crippen LogP contribution in [-0.4, -0.2) is 127 Å². The molecule has 0 radical (unpaired) electrons. The molecular weight excluding hydrogens is 588 g/mol. The highest BCUT2D eigenvalue weighted by molar-refractivity contribution is 5.05. The molecule has 10 atom stereocenters. The van der Waals surface area contributed by atoms with Crippen LogP contribution in [0.3, 0.4) is 0 Å². The molecule has 0 saturated heterocycles. The third kappa shape index (κ3) is 11.3. The van der Waals surface area contributed by atoms with E-state index in [0.29, 0.717) is 76.0 Å². The van der Waals surface area contributed by atoms with E-state index in [1.807, 2.05) is 0 Å². The van der Waals surface area contributed by atoms with E-state index < -0.39 is 36.6 Å². The molecule has 0 bridgehead atoms. The van der Waals surface area contributed by atoms with Crippen molar-refractivity contribution < 1.29 is 40.9 Å². The minimum absolute atomic E-state index is 0.150. The summed E-state index contributed by atoms with van der Waals surface area (Å²) in [5, 5.41) is 82.1. The third-order valence-electron chi connectivity index (χ3n) is 11.0. The molecule has 10 unspecified atom stereocenters. The quantitative estimate of drug-likeness (QED) is 0.147. The van der Waals surface area contributed by atoms with E-state index >= 15 is 0 Å². The third-order valence-corrected chi connectivity index (χ3v) is 11.0. The predicted molar refractivity (Wildman–Crippen MR) is 176 cm³/mol. The first-order chi connectivity index (χ1) is 21.9. The zero-order chi connectivity index (χ0) is 32.8. The summed E-state index contributed by atoms with van der Waals surface area (Å²) < 4.78 is 0. The van der Waals surface area contributed by atoms with Crippen LogP contribution in [0.2, 0.25) is 0 Å². The van der Waals surface area contributed by atoms with E-state index in [1.165, 1.54) is 12.2 Å². The van der Waals surface area contributed by atoms with Gasteiger partial charge in [0.15, 0.2) is 0 Å². The van der Waals surface area contributed by atoms with Crippen LogP contribution in [0.15, 0.2) is 35.8 Å². The van der Waals surface area contributed by atoms with Crippen molar-refractivity contribution >= 4 is 0 Å². The molecule has 0 heterocycles. The zero-order valence-electron chi connectivity index (χ0n) is 27.4. The van der Waals surface area contributed by atoms with Crippen LogP contribution >= 0.6 is 0 Å². The fraction of sp³-hybridized carbons (Fsp3) is 0.833. The molecule has 262 valence electrons. The fourth-order valence-corrected chi connectivity index (χ4v) is 9.29. The first-order valence-electron chi connectivity index (χ1n) is 18.0. The lowest BCUT2D eigenvalue weighted by Crippen LogP contribution is -2.43. The Morgan fingerprint density at radius 2 is 0.804 bits per heavy atom. The van der Waals surface area contributed by atoms with Gasteiger partial charge in [-0.25, -0.2) is 0 Å². The molecule has 2 saturated carbocycles. The van der Waals surface area contributed by atoms with Crippen LogP contribution in [0.5, 0.6) is 0 Å². The number of aliphatic hydroxyl groups is 8. The maximum absolute atomic E-state index is 10.3. The lowest BCUT2D eigenvalue weighted by molar-refractivity contribution is 0.000547. The first kappa shape index (κ1) is 35.8. The van der Waals surface area contributed by atoms with Crippen molar-refractivity contribution in [3.8, 4) is 0 Å². The van der Waals surface area contributed by atoms with Gasteiger partial charge in [-0.2, -0.15) is 0 Å². The first-order valence-corrected chi connectivity index (χ1v) is 18.0. The molecule has 0 amide bonds. The maximum atomic E-state index is 10.3. The molecular formula is C36H60N2O8. The van der Waals surface area contributed by atoms with Gasteiger partial charge in [0.05, 0.1) is 48.1 Å². The van der Waals surface area contributed by atoms with Gasteiger partial charge in [0.25, 0.3) is 0 Å². The molecule has 10 heteroatoms. The van der Waals surface area contributed by atoms with Gasteiger partial charge < -0.3 is 50.7 Å². The number of nitrogens with zero attached hydrogens (tertiary/aromatic N) is 2. The molecule has 0 aromatic heterocycles. The van der Waals surface area contributed by atoms with Crippen LogP contribution in [0.25, 0.3) is 0 Å². The summed E-state index contributed by atoms with van der Waals surface area (Å²) in [5.74, 6) is 1.93. The molecule has 5 aliphatic carbocycles. The van der Waals surface area contributed by atoms with Crippen molar-refractivity contribution in [3.63, 3.8) is 0 Å². The smallest absolute Gasteiger partial charge is 0.0911 e.